The number of aromatic amines is 1. The maximum absolute atomic E-state index is 12.4. The van der Waals surface area contributed by atoms with Crippen molar-refractivity contribution in [1.29, 1.82) is 0 Å². The van der Waals surface area contributed by atoms with Crippen molar-refractivity contribution >= 4 is 16.7 Å². The van der Waals surface area contributed by atoms with Gasteiger partial charge in [0.05, 0.1) is 18.6 Å². The number of carbonyl (C=O) groups is 1. The van der Waals surface area contributed by atoms with E-state index in [0.717, 1.165) is 24.2 Å². The fourth-order valence-electron chi connectivity index (χ4n) is 3.25. The van der Waals surface area contributed by atoms with Gasteiger partial charge in [-0.2, -0.15) is 0 Å². The van der Waals surface area contributed by atoms with E-state index in [1.165, 1.54) is 6.07 Å². The van der Waals surface area contributed by atoms with E-state index < -0.39 is 11.5 Å². The first-order chi connectivity index (χ1) is 14.1. The molecule has 7 heteroatoms. The van der Waals surface area contributed by atoms with Crippen LogP contribution >= 0.6 is 0 Å². The zero-order valence-corrected chi connectivity index (χ0v) is 16.0. The van der Waals surface area contributed by atoms with Crippen LogP contribution in [-0.4, -0.2) is 29.3 Å². The summed E-state index contributed by atoms with van der Waals surface area (Å²) >= 11 is 0. The molecule has 0 saturated heterocycles. The zero-order chi connectivity index (χ0) is 20.4. The monoisotopic (exact) mass is 395 g/mol. The van der Waals surface area contributed by atoms with Crippen molar-refractivity contribution < 1.29 is 24.1 Å². The highest BCUT2D eigenvalue weighted by atomic mass is 16.5. The molecule has 0 amide bonds. The van der Waals surface area contributed by atoms with E-state index in [1.807, 2.05) is 19.1 Å². The molecule has 7 nitrogen and oxygen atoms in total. The number of pyridine rings is 1. The first-order valence-corrected chi connectivity index (χ1v) is 9.56. The van der Waals surface area contributed by atoms with Crippen LogP contribution in [0.25, 0.3) is 10.8 Å². The summed E-state index contributed by atoms with van der Waals surface area (Å²) in [7, 11) is 0. The Labute approximate surface area is 166 Å². The summed E-state index contributed by atoms with van der Waals surface area (Å²) < 4.78 is 16.5. The Morgan fingerprint density at radius 1 is 1.17 bits per heavy atom. The van der Waals surface area contributed by atoms with Gasteiger partial charge in [-0.1, -0.05) is 13.3 Å². The average molecular weight is 395 g/mol. The van der Waals surface area contributed by atoms with Crippen LogP contribution in [0.4, 0.5) is 0 Å². The lowest BCUT2D eigenvalue weighted by Gasteiger charge is -2.11. The molecule has 2 heterocycles. The number of nitrogens with one attached hydrogen (secondary N) is 1. The van der Waals surface area contributed by atoms with Gasteiger partial charge in [-0.3, -0.25) is 4.79 Å². The van der Waals surface area contributed by atoms with Gasteiger partial charge in [0, 0.05) is 17.4 Å². The molecule has 2 aromatic carbocycles. The summed E-state index contributed by atoms with van der Waals surface area (Å²) in [4.78, 5) is 27.0. The molecule has 0 saturated carbocycles. The number of hydrogen-bond acceptors (Lipinski definition) is 6. The smallest absolute Gasteiger partial charge is 0.358 e. The lowest BCUT2D eigenvalue weighted by atomic mass is 10.1. The Bertz CT molecular complexity index is 1130. The molecular formula is C22H21NO6. The van der Waals surface area contributed by atoms with Crippen LogP contribution in [-0.2, 0) is 11.2 Å². The van der Waals surface area contributed by atoms with E-state index in [1.54, 1.807) is 18.2 Å². The highest BCUT2D eigenvalue weighted by molar-refractivity contribution is 5.99. The number of carbonyl (C=O) groups excluding carboxylic acids is 1. The number of esters is 1. The van der Waals surface area contributed by atoms with Crippen molar-refractivity contribution in [2.45, 2.75) is 26.2 Å². The van der Waals surface area contributed by atoms with Gasteiger partial charge < -0.3 is 24.3 Å². The Balaban J connectivity index is 1.66. The molecule has 4 rings (SSSR count). The van der Waals surface area contributed by atoms with E-state index >= 15 is 0 Å². The van der Waals surface area contributed by atoms with E-state index in [2.05, 4.69) is 4.98 Å². The minimum Gasteiger partial charge on any atom is -0.505 e. The third-order valence-electron chi connectivity index (χ3n) is 4.80. The maximum Gasteiger partial charge on any atom is 0.358 e. The number of unbranched alkanes of at least 4 members (excludes halogenated alkanes) is 1. The van der Waals surface area contributed by atoms with Gasteiger partial charge in [-0.15, -0.1) is 0 Å². The number of benzene rings is 2. The van der Waals surface area contributed by atoms with Crippen LogP contribution in [0.3, 0.4) is 0 Å². The number of aromatic hydroxyl groups is 1. The lowest BCUT2D eigenvalue weighted by molar-refractivity contribution is 0.0489. The molecule has 0 bridgehead atoms. The number of aromatic nitrogens is 1. The van der Waals surface area contributed by atoms with Gasteiger partial charge in [0.25, 0.3) is 5.56 Å². The molecule has 0 spiro atoms. The van der Waals surface area contributed by atoms with Crippen molar-refractivity contribution in [1.82, 2.24) is 4.98 Å². The van der Waals surface area contributed by atoms with Gasteiger partial charge in [0.2, 0.25) is 0 Å². The molecule has 0 radical (unpaired) electrons. The minimum atomic E-state index is -0.764. The molecule has 0 fully saturated rings. The number of hydrogen-bond donors (Lipinski definition) is 2. The first kappa shape index (κ1) is 18.9. The van der Waals surface area contributed by atoms with Crippen LogP contribution in [0.1, 0.15) is 35.8 Å². The Morgan fingerprint density at radius 2 is 1.97 bits per heavy atom. The van der Waals surface area contributed by atoms with Crippen LogP contribution in [0.2, 0.25) is 0 Å². The van der Waals surface area contributed by atoms with E-state index in [4.69, 9.17) is 14.2 Å². The number of H-pyrrole nitrogens is 1. The van der Waals surface area contributed by atoms with Crippen molar-refractivity contribution in [2.24, 2.45) is 0 Å². The number of rotatable bonds is 6. The summed E-state index contributed by atoms with van der Waals surface area (Å²) in [5, 5.41) is 11.0. The Morgan fingerprint density at radius 3 is 2.79 bits per heavy atom. The number of fused-ring (bicyclic) bond motifs is 2. The van der Waals surface area contributed by atoms with E-state index in [9.17, 15) is 14.7 Å². The summed E-state index contributed by atoms with van der Waals surface area (Å²) in [6.45, 7) is 2.85. The fourth-order valence-corrected chi connectivity index (χ4v) is 3.25. The third kappa shape index (κ3) is 3.76. The lowest BCUT2D eigenvalue weighted by Crippen LogP contribution is -2.16. The SMILES string of the molecule is CCCCOC(=O)c1[nH]c(=O)c2ccc(Oc3ccc4c(c3)CCO4)cc2c1O. The van der Waals surface area contributed by atoms with Crippen molar-refractivity contribution in [3.8, 4) is 23.0 Å². The number of ether oxygens (including phenoxy) is 3. The predicted molar refractivity (Wildman–Crippen MR) is 107 cm³/mol. The van der Waals surface area contributed by atoms with Gasteiger partial charge in [0.15, 0.2) is 11.4 Å². The molecule has 0 atom stereocenters. The largest absolute Gasteiger partial charge is 0.505 e. The first-order valence-electron chi connectivity index (χ1n) is 9.56. The molecule has 29 heavy (non-hydrogen) atoms. The average Bonchev–Trinajstić information content (AvgIpc) is 3.18. The standard InChI is InChI=1S/C22H21NO6/c1-2-3-9-28-22(26)19-20(24)17-12-15(4-6-16(17)21(25)23-19)29-14-5-7-18-13(11-14)8-10-27-18/h4-7,11-12,24H,2-3,8-10H2,1H3,(H,23,25). The highest BCUT2D eigenvalue weighted by Crippen LogP contribution is 2.34. The molecule has 2 N–H and O–H groups in total. The third-order valence-corrected chi connectivity index (χ3v) is 4.80. The molecule has 3 aromatic rings. The van der Waals surface area contributed by atoms with Gasteiger partial charge in [-0.25, -0.2) is 4.79 Å². The van der Waals surface area contributed by atoms with Crippen molar-refractivity contribution in [3.63, 3.8) is 0 Å². The van der Waals surface area contributed by atoms with E-state index in [0.29, 0.717) is 24.5 Å². The fraction of sp³-hybridized carbons (Fsp3) is 0.273. The van der Waals surface area contributed by atoms with Gasteiger partial charge in [-0.05, 0) is 42.8 Å². The van der Waals surface area contributed by atoms with E-state index in [-0.39, 0.29) is 28.8 Å². The molecule has 0 aliphatic carbocycles. The second-order valence-corrected chi connectivity index (χ2v) is 6.84. The molecule has 1 aromatic heterocycles. The Hall–Kier alpha value is -3.48. The van der Waals surface area contributed by atoms with Gasteiger partial charge in [0.1, 0.15) is 17.2 Å². The van der Waals surface area contributed by atoms with Crippen molar-refractivity contribution in [3.05, 3.63) is 58.0 Å². The highest BCUT2D eigenvalue weighted by Gasteiger charge is 2.19. The summed E-state index contributed by atoms with van der Waals surface area (Å²) in [6, 6.07) is 10.3. The minimum absolute atomic E-state index is 0.221. The Kier molecular flexibility index (Phi) is 5.12. The van der Waals surface area contributed by atoms with Crippen LogP contribution in [0, 0.1) is 0 Å². The topological polar surface area (TPSA) is 97.9 Å². The summed E-state index contributed by atoms with van der Waals surface area (Å²) in [5.41, 5.74) is 0.326. The summed E-state index contributed by atoms with van der Waals surface area (Å²) in [6.07, 6.45) is 2.39. The second-order valence-electron chi connectivity index (χ2n) is 6.84. The normalized spacial score (nSPS) is 12.4. The second kappa shape index (κ2) is 7.87. The predicted octanol–water partition coefficient (Wildman–Crippen LogP) is 3.92. The molecular weight excluding hydrogens is 374 g/mol. The van der Waals surface area contributed by atoms with Crippen molar-refractivity contribution in [2.75, 3.05) is 13.2 Å². The maximum atomic E-state index is 12.4. The molecule has 150 valence electrons. The van der Waals surface area contributed by atoms with Crippen LogP contribution in [0.5, 0.6) is 23.0 Å². The van der Waals surface area contributed by atoms with Crippen LogP contribution < -0.4 is 15.0 Å². The molecule has 1 aliphatic rings. The molecule has 0 unspecified atom stereocenters. The van der Waals surface area contributed by atoms with Crippen LogP contribution in [0.15, 0.2) is 41.2 Å². The quantitative estimate of drug-likeness (QED) is 0.485. The summed E-state index contributed by atoms with van der Waals surface area (Å²) in [5.74, 6) is 0.805. The van der Waals surface area contributed by atoms with Gasteiger partial charge >= 0.3 is 5.97 Å². The zero-order valence-electron chi connectivity index (χ0n) is 16.0. The molecule has 1 aliphatic heterocycles.